The SMILES string of the molecule is CSCCCCNS(=O)(=O)c1ccsc1CO. The Kier molecular flexibility index (Phi) is 6.50. The molecule has 2 N–H and O–H groups in total. The van der Waals surface area contributed by atoms with Crippen molar-refractivity contribution >= 4 is 33.1 Å². The molecule has 0 bridgehead atoms. The van der Waals surface area contributed by atoms with E-state index in [1.807, 2.05) is 6.26 Å². The molecule has 1 aromatic heterocycles. The summed E-state index contributed by atoms with van der Waals surface area (Å²) in [5, 5.41) is 10.7. The Balaban J connectivity index is 2.51. The van der Waals surface area contributed by atoms with E-state index in [0.717, 1.165) is 18.6 Å². The predicted molar refractivity (Wildman–Crippen MR) is 73.0 cm³/mol. The number of thiophene rings is 1. The smallest absolute Gasteiger partial charge is 0.241 e. The van der Waals surface area contributed by atoms with Crippen LogP contribution in [0.1, 0.15) is 17.7 Å². The van der Waals surface area contributed by atoms with Crippen molar-refractivity contribution in [3.05, 3.63) is 16.3 Å². The zero-order valence-corrected chi connectivity index (χ0v) is 12.1. The normalized spacial score (nSPS) is 11.9. The number of thioether (sulfide) groups is 1. The molecular weight excluding hydrogens is 278 g/mol. The van der Waals surface area contributed by atoms with E-state index in [1.54, 1.807) is 17.1 Å². The summed E-state index contributed by atoms with van der Waals surface area (Å²) in [7, 11) is -3.45. The van der Waals surface area contributed by atoms with Crippen LogP contribution in [-0.4, -0.2) is 32.1 Å². The predicted octanol–water partition coefficient (Wildman–Crippen LogP) is 1.66. The molecule has 0 saturated carbocycles. The molecule has 1 rings (SSSR count). The van der Waals surface area contributed by atoms with Crippen LogP contribution < -0.4 is 4.72 Å². The lowest BCUT2D eigenvalue weighted by molar-refractivity contribution is 0.282. The average Bonchev–Trinajstić information content (AvgIpc) is 2.77. The van der Waals surface area contributed by atoms with Gasteiger partial charge >= 0.3 is 0 Å². The van der Waals surface area contributed by atoms with E-state index in [9.17, 15) is 8.42 Å². The molecule has 98 valence electrons. The van der Waals surface area contributed by atoms with Gasteiger partial charge in [0.1, 0.15) is 0 Å². The first kappa shape index (κ1) is 15.0. The number of aliphatic hydroxyl groups is 1. The summed E-state index contributed by atoms with van der Waals surface area (Å²) >= 11 is 3.01. The lowest BCUT2D eigenvalue weighted by Crippen LogP contribution is -2.25. The summed E-state index contributed by atoms with van der Waals surface area (Å²) in [6.07, 6.45) is 3.86. The minimum Gasteiger partial charge on any atom is -0.391 e. The Morgan fingerprint density at radius 3 is 2.88 bits per heavy atom. The van der Waals surface area contributed by atoms with Crippen LogP contribution in [0.4, 0.5) is 0 Å². The third-order valence-corrected chi connectivity index (χ3v) is 5.48. The zero-order chi connectivity index (χ0) is 12.7. The standard InChI is InChI=1S/C10H17NO3S3/c1-15-6-3-2-5-11-17(13,14)10-4-7-16-9(10)8-12/h4,7,11-12H,2-3,5-6,8H2,1H3. The monoisotopic (exact) mass is 295 g/mol. The van der Waals surface area contributed by atoms with Gasteiger partial charge in [-0.2, -0.15) is 11.8 Å². The summed E-state index contributed by atoms with van der Waals surface area (Å²) < 4.78 is 26.3. The second kappa shape index (κ2) is 7.38. The lowest BCUT2D eigenvalue weighted by Gasteiger charge is -2.06. The van der Waals surface area contributed by atoms with Crippen molar-refractivity contribution in [1.29, 1.82) is 0 Å². The molecule has 0 aliphatic heterocycles. The van der Waals surface area contributed by atoms with E-state index in [1.165, 1.54) is 17.4 Å². The number of nitrogens with one attached hydrogen (secondary N) is 1. The summed E-state index contributed by atoms with van der Waals surface area (Å²) in [5.41, 5.74) is 0. The molecule has 0 unspecified atom stereocenters. The van der Waals surface area contributed by atoms with Gasteiger partial charge in [0, 0.05) is 11.4 Å². The van der Waals surface area contributed by atoms with E-state index < -0.39 is 10.0 Å². The first-order chi connectivity index (χ1) is 8.11. The van der Waals surface area contributed by atoms with Crippen LogP contribution in [0, 0.1) is 0 Å². The summed E-state index contributed by atoms with van der Waals surface area (Å²) in [5.74, 6) is 1.04. The minimum atomic E-state index is -3.45. The van der Waals surface area contributed by atoms with Crippen LogP contribution in [0.3, 0.4) is 0 Å². The molecule has 0 aliphatic rings. The molecule has 17 heavy (non-hydrogen) atoms. The summed E-state index contributed by atoms with van der Waals surface area (Å²) in [4.78, 5) is 0.691. The lowest BCUT2D eigenvalue weighted by atomic mass is 10.3. The van der Waals surface area contributed by atoms with Crippen molar-refractivity contribution in [2.45, 2.75) is 24.3 Å². The molecule has 4 nitrogen and oxygen atoms in total. The fourth-order valence-corrected chi connectivity index (χ4v) is 4.20. The van der Waals surface area contributed by atoms with Crippen LogP contribution in [0.5, 0.6) is 0 Å². The Bertz CT molecular complexity index is 428. The molecular formula is C10H17NO3S3. The zero-order valence-electron chi connectivity index (χ0n) is 9.68. The Labute approximate surface area is 110 Å². The van der Waals surface area contributed by atoms with Gasteiger partial charge in [-0.3, -0.25) is 0 Å². The van der Waals surface area contributed by atoms with Crippen molar-refractivity contribution in [2.24, 2.45) is 0 Å². The molecule has 0 fully saturated rings. The van der Waals surface area contributed by atoms with Gasteiger partial charge in [0.2, 0.25) is 10.0 Å². The molecule has 7 heteroatoms. The average molecular weight is 295 g/mol. The van der Waals surface area contributed by atoms with Gasteiger partial charge in [0.15, 0.2) is 0 Å². The van der Waals surface area contributed by atoms with Crippen LogP contribution in [0.15, 0.2) is 16.3 Å². The highest BCUT2D eigenvalue weighted by Crippen LogP contribution is 2.21. The van der Waals surface area contributed by atoms with Crippen LogP contribution in [-0.2, 0) is 16.6 Å². The Hall–Kier alpha value is -0.0800. The largest absolute Gasteiger partial charge is 0.391 e. The summed E-state index contributed by atoms with van der Waals surface area (Å²) in [6, 6.07) is 1.53. The molecule has 0 atom stereocenters. The fourth-order valence-electron chi connectivity index (χ4n) is 1.34. The highest BCUT2D eigenvalue weighted by molar-refractivity contribution is 7.98. The van der Waals surface area contributed by atoms with Crippen molar-refractivity contribution in [1.82, 2.24) is 4.72 Å². The van der Waals surface area contributed by atoms with Gasteiger partial charge in [0.25, 0.3) is 0 Å². The summed E-state index contributed by atoms with van der Waals surface area (Å²) in [6.45, 7) is 0.212. The van der Waals surface area contributed by atoms with Crippen molar-refractivity contribution in [2.75, 3.05) is 18.6 Å². The highest BCUT2D eigenvalue weighted by Gasteiger charge is 2.18. The van der Waals surface area contributed by atoms with Crippen LogP contribution in [0.2, 0.25) is 0 Å². The van der Waals surface area contributed by atoms with E-state index in [2.05, 4.69) is 4.72 Å². The maximum absolute atomic E-state index is 11.9. The second-order valence-electron chi connectivity index (χ2n) is 3.46. The topological polar surface area (TPSA) is 66.4 Å². The maximum atomic E-state index is 11.9. The van der Waals surface area contributed by atoms with Crippen molar-refractivity contribution in [3.8, 4) is 0 Å². The van der Waals surface area contributed by atoms with Gasteiger partial charge < -0.3 is 5.11 Å². The number of hydrogen-bond acceptors (Lipinski definition) is 5. The van der Waals surface area contributed by atoms with Gasteiger partial charge in [0.05, 0.1) is 11.5 Å². The third kappa shape index (κ3) is 4.59. The number of aliphatic hydroxyl groups excluding tert-OH is 1. The fraction of sp³-hybridized carbons (Fsp3) is 0.600. The molecule has 0 saturated heterocycles. The number of hydrogen-bond donors (Lipinski definition) is 2. The van der Waals surface area contributed by atoms with Gasteiger partial charge in [-0.05, 0) is 36.3 Å². The number of sulfonamides is 1. The third-order valence-electron chi connectivity index (χ3n) is 2.20. The van der Waals surface area contributed by atoms with Gasteiger partial charge in [-0.25, -0.2) is 13.1 Å². The quantitative estimate of drug-likeness (QED) is 0.716. The van der Waals surface area contributed by atoms with Crippen molar-refractivity contribution in [3.63, 3.8) is 0 Å². The molecule has 0 aromatic carbocycles. The van der Waals surface area contributed by atoms with E-state index >= 15 is 0 Å². The molecule has 0 spiro atoms. The molecule has 1 heterocycles. The maximum Gasteiger partial charge on any atom is 0.241 e. The van der Waals surface area contributed by atoms with E-state index in [0.29, 0.717) is 11.4 Å². The number of unbranched alkanes of at least 4 members (excludes halogenated alkanes) is 1. The second-order valence-corrected chi connectivity index (χ2v) is 7.19. The van der Waals surface area contributed by atoms with Crippen LogP contribution in [0.25, 0.3) is 0 Å². The van der Waals surface area contributed by atoms with Crippen LogP contribution >= 0.6 is 23.1 Å². The van der Waals surface area contributed by atoms with E-state index in [4.69, 9.17) is 5.11 Å². The van der Waals surface area contributed by atoms with Crippen molar-refractivity contribution < 1.29 is 13.5 Å². The first-order valence-electron chi connectivity index (χ1n) is 5.27. The Morgan fingerprint density at radius 2 is 2.24 bits per heavy atom. The molecule has 1 aromatic rings. The first-order valence-corrected chi connectivity index (χ1v) is 9.03. The van der Waals surface area contributed by atoms with Gasteiger partial charge in [-0.1, -0.05) is 0 Å². The van der Waals surface area contributed by atoms with E-state index in [-0.39, 0.29) is 11.5 Å². The van der Waals surface area contributed by atoms with Gasteiger partial charge in [-0.15, -0.1) is 11.3 Å². The minimum absolute atomic E-state index is 0.204. The molecule has 0 amide bonds. The Morgan fingerprint density at radius 1 is 1.47 bits per heavy atom. The molecule has 0 radical (unpaired) electrons. The number of rotatable bonds is 8. The molecule has 0 aliphatic carbocycles. The highest BCUT2D eigenvalue weighted by atomic mass is 32.2.